The SMILES string of the molecule is CCC(C(=O)O)(c1cccc(Br)c1)N1CCN(C)CC1. The Kier molecular flexibility index (Phi) is 4.83. The standard InChI is InChI=1S/C15H21BrN2O2/c1-3-15(14(19)20,12-5-4-6-13(16)11-12)18-9-7-17(2)8-10-18/h4-6,11H,3,7-10H2,1-2H3,(H,19,20). The van der Waals surface area contributed by atoms with Gasteiger partial charge in [-0.3, -0.25) is 4.90 Å². The molecule has 1 unspecified atom stereocenters. The zero-order chi connectivity index (χ0) is 14.8. The third kappa shape index (κ3) is 2.75. The number of piperazine rings is 1. The van der Waals surface area contributed by atoms with Gasteiger partial charge >= 0.3 is 5.97 Å². The lowest BCUT2D eigenvalue weighted by atomic mass is 9.84. The molecule has 0 amide bonds. The molecule has 1 aromatic carbocycles. The molecule has 0 aliphatic carbocycles. The number of hydrogen-bond donors (Lipinski definition) is 1. The molecule has 4 nitrogen and oxygen atoms in total. The topological polar surface area (TPSA) is 43.8 Å². The smallest absolute Gasteiger partial charge is 0.328 e. The Labute approximate surface area is 128 Å². The molecule has 1 saturated heterocycles. The minimum atomic E-state index is -0.926. The Morgan fingerprint density at radius 3 is 2.50 bits per heavy atom. The van der Waals surface area contributed by atoms with Gasteiger partial charge in [-0.25, -0.2) is 4.79 Å². The van der Waals surface area contributed by atoms with Crippen LogP contribution in [0, 0.1) is 0 Å². The van der Waals surface area contributed by atoms with Crippen LogP contribution in [0.3, 0.4) is 0 Å². The molecule has 1 aromatic rings. The Bertz CT molecular complexity index is 487. The molecule has 1 aliphatic heterocycles. The van der Waals surface area contributed by atoms with E-state index in [4.69, 9.17) is 0 Å². The first-order valence-electron chi connectivity index (χ1n) is 6.93. The fourth-order valence-corrected chi connectivity index (χ4v) is 3.35. The second-order valence-electron chi connectivity index (χ2n) is 5.32. The number of likely N-dealkylation sites (N-methyl/N-ethyl adjacent to an activating group) is 1. The summed E-state index contributed by atoms with van der Waals surface area (Å²) in [5.41, 5.74) is -0.0724. The number of aliphatic carboxylic acids is 1. The van der Waals surface area contributed by atoms with Gasteiger partial charge in [0.2, 0.25) is 0 Å². The predicted molar refractivity (Wildman–Crippen MR) is 82.8 cm³/mol. The van der Waals surface area contributed by atoms with Crippen LogP contribution < -0.4 is 0 Å². The quantitative estimate of drug-likeness (QED) is 0.913. The summed E-state index contributed by atoms with van der Waals surface area (Å²) >= 11 is 3.45. The lowest BCUT2D eigenvalue weighted by molar-refractivity contribution is -0.154. The number of benzene rings is 1. The summed E-state index contributed by atoms with van der Waals surface area (Å²) in [5, 5.41) is 9.92. The summed E-state index contributed by atoms with van der Waals surface area (Å²) in [6.45, 7) is 5.33. The van der Waals surface area contributed by atoms with Crippen LogP contribution in [-0.2, 0) is 10.3 Å². The van der Waals surface area contributed by atoms with E-state index < -0.39 is 11.5 Å². The maximum Gasteiger partial charge on any atom is 0.328 e. The Balaban J connectivity index is 2.42. The van der Waals surface area contributed by atoms with Crippen LogP contribution in [0.25, 0.3) is 0 Å². The summed E-state index contributed by atoms with van der Waals surface area (Å²) in [5.74, 6) is -0.761. The Morgan fingerprint density at radius 1 is 1.35 bits per heavy atom. The predicted octanol–water partition coefficient (Wildman–Crippen LogP) is 2.39. The largest absolute Gasteiger partial charge is 0.480 e. The molecule has 1 atom stereocenters. The van der Waals surface area contributed by atoms with Crippen LogP contribution in [0.15, 0.2) is 28.7 Å². The zero-order valence-corrected chi connectivity index (χ0v) is 13.6. The number of halogens is 1. The maximum absolute atomic E-state index is 12.1. The number of carboxylic acids is 1. The molecule has 0 bridgehead atoms. The van der Waals surface area contributed by atoms with E-state index in [1.165, 1.54) is 0 Å². The lowest BCUT2D eigenvalue weighted by Crippen LogP contribution is -2.58. The van der Waals surface area contributed by atoms with Gasteiger partial charge < -0.3 is 10.0 Å². The van der Waals surface area contributed by atoms with E-state index in [9.17, 15) is 9.90 Å². The average molecular weight is 341 g/mol. The lowest BCUT2D eigenvalue weighted by Gasteiger charge is -2.44. The van der Waals surface area contributed by atoms with Gasteiger partial charge in [0.05, 0.1) is 0 Å². The highest BCUT2D eigenvalue weighted by atomic mass is 79.9. The molecule has 0 radical (unpaired) electrons. The number of nitrogens with zero attached hydrogens (tertiary/aromatic N) is 2. The molecule has 2 rings (SSSR count). The van der Waals surface area contributed by atoms with E-state index in [0.29, 0.717) is 6.42 Å². The van der Waals surface area contributed by atoms with E-state index >= 15 is 0 Å². The summed E-state index contributed by atoms with van der Waals surface area (Å²) in [4.78, 5) is 16.4. The van der Waals surface area contributed by atoms with E-state index in [2.05, 4.69) is 32.8 Å². The molecular formula is C15H21BrN2O2. The van der Waals surface area contributed by atoms with Crippen molar-refractivity contribution in [3.63, 3.8) is 0 Å². The first-order chi connectivity index (χ1) is 9.50. The van der Waals surface area contributed by atoms with E-state index in [0.717, 1.165) is 36.2 Å². The average Bonchev–Trinajstić information content (AvgIpc) is 2.42. The monoisotopic (exact) mass is 340 g/mol. The number of carboxylic acid groups (broad SMARTS) is 1. The number of hydrogen-bond acceptors (Lipinski definition) is 3. The second-order valence-corrected chi connectivity index (χ2v) is 6.24. The highest BCUT2D eigenvalue weighted by molar-refractivity contribution is 9.10. The van der Waals surface area contributed by atoms with Crippen molar-refractivity contribution in [2.24, 2.45) is 0 Å². The van der Waals surface area contributed by atoms with Crippen molar-refractivity contribution in [1.29, 1.82) is 0 Å². The van der Waals surface area contributed by atoms with Crippen LogP contribution in [0.4, 0.5) is 0 Å². The minimum Gasteiger partial charge on any atom is -0.480 e. The molecule has 0 aromatic heterocycles. The van der Waals surface area contributed by atoms with Crippen LogP contribution in [0.5, 0.6) is 0 Å². The molecule has 1 fully saturated rings. The summed E-state index contributed by atoms with van der Waals surface area (Å²) in [6.07, 6.45) is 0.558. The van der Waals surface area contributed by atoms with Crippen molar-refractivity contribution in [1.82, 2.24) is 9.80 Å². The summed E-state index contributed by atoms with van der Waals surface area (Å²) < 4.78 is 0.920. The molecule has 0 saturated carbocycles. The Morgan fingerprint density at radius 2 is 2.00 bits per heavy atom. The summed E-state index contributed by atoms with van der Waals surface area (Å²) in [7, 11) is 2.07. The second kappa shape index (κ2) is 6.24. The maximum atomic E-state index is 12.1. The molecular weight excluding hydrogens is 320 g/mol. The van der Waals surface area contributed by atoms with Crippen molar-refractivity contribution >= 4 is 21.9 Å². The third-order valence-electron chi connectivity index (χ3n) is 4.21. The molecule has 5 heteroatoms. The highest BCUT2D eigenvalue weighted by Gasteiger charge is 2.45. The fraction of sp³-hybridized carbons (Fsp3) is 0.533. The van der Waals surface area contributed by atoms with E-state index in [1.54, 1.807) is 0 Å². The van der Waals surface area contributed by atoms with Crippen LogP contribution in [0.1, 0.15) is 18.9 Å². The van der Waals surface area contributed by atoms with Gasteiger partial charge in [0.25, 0.3) is 0 Å². The normalized spacial score (nSPS) is 20.6. The summed E-state index contributed by atoms with van der Waals surface area (Å²) in [6, 6.07) is 7.68. The number of rotatable bonds is 4. The van der Waals surface area contributed by atoms with E-state index in [1.807, 2.05) is 31.2 Å². The first kappa shape index (κ1) is 15.5. The molecule has 1 heterocycles. The van der Waals surface area contributed by atoms with Crippen molar-refractivity contribution < 1.29 is 9.90 Å². The molecule has 1 aliphatic rings. The van der Waals surface area contributed by atoms with Gasteiger partial charge in [0, 0.05) is 30.7 Å². The van der Waals surface area contributed by atoms with Crippen molar-refractivity contribution in [2.75, 3.05) is 33.2 Å². The molecule has 20 heavy (non-hydrogen) atoms. The van der Waals surface area contributed by atoms with Crippen molar-refractivity contribution in [2.45, 2.75) is 18.9 Å². The Hall–Kier alpha value is -0.910. The van der Waals surface area contributed by atoms with Gasteiger partial charge in [-0.1, -0.05) is 35.0 Å². The van der Waals surface area contributed by atoms with Crippen LogP contribution in [-0.4, -0.2) is 54.1 Å². The van der Waals surface area contributed by atoms with Crippen LogP contribution in [0.2, 0.25) is 0 Å². The zero-order valence-electron chi connectivity index (χ0n) is 12.0. The fourth-order valence-electron chi connectivity index (χ4n) is 2.95. The van der Waals surface area contributed by atoms with Crippen molar-refractivity contribution in [3.05, 3.63) is 34.3 Å². The van der Waals surface area contributed by atoms with Gasteiger partial charge in [-0.05, 0) is 31.2 Å². The molecule has 110 valence electrons. The van der Waals surface area contributed by atoms with Crippen molar-refractivity contribution in [3.8, 4) is 0 Å². The number of carbonyl (C=O) groups is 1. The minimum absolute atomic E-state index is 0.558. The third-order valence-corrected chi connectivity index (χ3v) is 4.70. The van der Waals surface area contributed by atoms with Gasteiger partial charge in [0.1, 0.15) is 5.54 Å². The van der Waals surface area contributed by atoms with E-state index in [-0.39, 0.29) is 0 Å². The molecule has 1 N–H and O–H groups in total. The van der Waals surface area contributed by atoms with Gasteiger partial charge in [-0.2, -0.15) is 0 Å². The van der Waals surface area contributed by atoms with Crippen LogP contribution >= 0.6 is 15.9 Å². The van der Waals surface area contributed by atoms with Gasteiger partial charge in [-0.15, -0.1) is 0 Å². The molecule has 0 spiro atoms. The van der Waals surface area contributed by atoms with Gasteiger partial charge in [0.15, 0.2) is 0 Å². The highest BCUT2D eigenvalue weighted by Crippen LogP contribution is 2.34. The first-order valence-corrected chi connectivity index (χ1v) is 7.73.